The van der Waals surface area contributed by atoms with Gasteiger partial charge in [-0.2, -0.15) is 0 Å². The maximum absolute atomic E-state index is 10.3. The number of methoxy groups -OCH3 is 1. The number of hydrogen-bond donors (Lipinski definition) is 0. The highest BCUT2D eigenvalue weighted by atomic mass is 16.6. The van der Waals surface area contributed by atoms with Crippen LogP contribution in [0.1, 0.15) is 11.1 Å². The lowest BCUT2D eigenvalue weighted by Gasteiger charge is -2.05. The number of nitro groups is 1. The average molecular weight is 181 g/mol. The molecule has 0 fully saturated rings. The first-order chi connectivity index (χ1) is 6.13. The van der Waals surface area contributed by atoms with Crippen LogP contribution >= 0.6 is 0 Å². The molecule has 1 aromatic carbocycles. The molecule has 0 saturated carbocycles. The van der Waals surface area contributed by atoms with Gasteiger partial charge in [-0.3, -0.25) is 10.1 Å². The number of aryl methyl sites for hydroxylation is 1. The third kappa shape index (κ3) is 2.43. The van der Waals surface area contributed by atoms with Crippen molar-refractivity contribution in [1.82, 2.24) is 0 Å². The summed E-state index contributed by atoms with van der Waals surface area (Å²) in [5, 5.41) is 10.3. The van der Waals surface area contributed by atoms with E-state index < -0.39 is 0 Å². The first-order valence-corrected chi connectivity index (χ1v) is 3.89. The van der Waals surface area contributed by atoms with E-state index >= 15 is 0 Å². The van der Waals surface area contributed by atoms with Crippen LogP contribution in [0.3, 0.4) is 0 Å². The lowest BCUT2D eigenvalue weighted by atomic mass is 10.1. The van der Waals surface area contributed by atoms with Crippen LogP contribution in [0.5, 0.6) is 5.75 Å². The molecule has 0 aromatic heterocycles. The van der Waals surface area contributed by atoms with Gasteiger partial charge in [-0.1, -0.05) is 6.07 Å². The third-order valence-electron chi connectivity index (χ3n) is 1.74. The monoisotopic (exact) mass is 181 g/mol. The van der Waals surface area contributed by atoms with E-state index in [9.17, 15) is 10.1 Å². The molecule has 13 heavy (non-hydrogen) atoms. The van der Waals surface area contributed by atoms with Crippen LogP contribution in [0.2, 0.25) is 0 Å². The first-order valence-electron chi connectivity index (χ1n) is 3.89. The molecule has 0 atom stereocenters. The zero-order valence-corrected chi connectivity index (χ0v) is 7.61. The fraction of sp³-hybridized carbons (Fsp3) is 0.333. The minimum absolute atomic E-state index is 0.191. The number of ether oxygens (including phenoxy) is 1. The summed E-state index contributed by atoms with van der Waals surface area (Å²) in [5.41, 5.74) is 1.64. The minimum atomic E-state index is -0.368. The van der Waals surface area contributed by atoms with Crippen LogP contribution in [0.15, 0.2) is 18.2 Å². The molecule has 0 heterocycles. The number of benzene rings is 1. The minimum Gasteiger partial charge on any atom is -0.496 e. The quantitative estimate of drug-likeness (QED) is 0.527. The molecule has 0 N–H and O–H groups in total. The van der Waals surface area contributed by atoms with Crippen LogP contribution in [-0.4, -0.2) is 12.0 Å². The summed E-state index contributed by atoms with van der Waals surface area (Å²) < 4.78 is 5.02. The molecule has 1 aromatic rings. The van der Waals surface area contributed by atoms with Crippen molar-refractivity contribution in [2.24, 2.45) is 0 Å². The molecule has 0 aliphatic rings. The van der Waals surface area contributed by atoms with Crippen LogP contribution in [-0.2, 0) is 6.54 Å². The van der Waals surface area contributed by atoms with Crippen molar-refractivity contribution in [2.75, 3.05) is 7.11 Å². The van der Waals surface area contributed by atoms with Crippen molar-refractivity contribution >= 4 is 0 Å². The van der Waals surface area contributed by atoms with Crippen LogP contribution in [0, 0.1) is 17.0 Å². The number of rotatable bonds is 3. The smallest absolute Gasteiger partial charge is 0.232 e. The fourth-order valence-corrected chi connectivity index (χ4v) is 1.12. The predicted molar refractivity (Wildman–Crippen MR) is 48.4 cm³/mol. The average Bonchev–Trinajstić information content (AvgIpc) is 2.07. The van der Waals surface area contributed by atoms with E-state index in [4.69, 9.17) is 4.74 Å². The molecule has 1 rings (SSSR count). The molecule has 0 saturated heterocycles. The van der Waals surface area contributed by atoms with Gasteiger partial charge in [0, 0.05) is 4.92 Å². The molecular formula is C9H11NO3. The van der Waals surface area contributed by atoms with E-state index in [-0.39, 0.29) is 11.5 Å². The van der Waals surface area contributed by atoms with Crippen LogP contribution in [0.4, 0.5) is 0 Å². The van der Waals surface area contributed by atoms with Crippen LogP contribution in [0.25, 0.3) is 0 Å². The fourth-order valence-electron chi connectivity index (χ4n) is 1.12. The van der Waals surface area contributed by atoms with Crippen molar-refractivity contribution in [3.05, 3.63) is 39.4 Å². The van der Waals surface area contributed by atoms with Gasteiger partial charge in [0.15, 0.2) is 0 Å². The summed E-state index contributed by atoms with van der Waals surface area (Å²) in [5.74, 6) is 0.580. The Kier molecular flexibility index (Phi) is 2.84. The summed E-state index contributed by atoms with van der Waals surface area (Å²) in [4.78, 5) is 9.90. The Morgan fingerprint density at radius 3 is 2.77 bits per heavy atom. The van der Waals surface area contributed by atoms with Gasteiger partial charge < -0.3 is 4.74 Å². The Morgan fingerprint density at radius 1 is 1.54 bits per heavy atom. The Balaban J connectivity index is 2.99. The Hall–Kier alpha value is -1.58. The highest BCUT2D eigenvalue weighted by Gasteiger charge is 2.08. The van der Waals surface area contributed by atoms with Gasteiger partial charge in [0.2, 0.25) is 6.54 Å². The second kappa shape index (κ2) is 3.89. The Labute approximate surface area is 76.3 Å². The molecule has 4 nitrogen and oxygen atoms in total. The Morgan fingerprint density at radius 2 is 2.23 bits per heavy atom. The van der Waals surface area contributed by atoms with E-state index in [0.29, 0.717) is 11.3 Å². The second-order valence-corrected chi connectivity index (χ2v) is 2.81. The van der Waals surface area contributed by atoms with Gasteiger partial charge in [0.05, 0.1) is 12.7 Å². The topological polar surface area (TPSA) is 52.4 Å². The maximum Gasteiger partial charge on any atom is 0.232 e. The van der Waals surface area contributed by atoms with Crippen molar-refractivity contribution in [3.63, 3.8) is 0 Å². The van der Waals surface area contributed by atoms with Crippen molar-refractivity contribution in [1.29, 1.82) is 0 Å². The number of hydrogen-bond acceptors (Lipinski definition) is 3. The van der Waals surface area contributed by atoms with Gasteiger partial charge in [-0.25, -0.2) is 0 Å². The molecule has 0 radical (unpaired) electrons. The van der Waals surface area contributed by atoms with E-state index in [1.807, 2.05) is 13.0 Å². The van der Waals surface area contributed by atoms with E-state index in [1.54, 1.807) is 12.1 Å². The summed E-state index contributed by atoms with van der Waals surface area (Å²) in [6, 6.07) is 5.34. The maximum atomic E-state index is 10.3. The predicted octanol–water partition coefficient (Wildman–Crippen LogP) is 1.78. The van der Waals surface area contributed by atoms with E-state index in [0.717, 1.165) is 5.56 Å². The zero-order valence-electron chi connectivity index (χ0n) is 7.61. The standard InChI is InChI=1S/C9H11NO3/c1-7-3-4-8(6-10(11)12)9(5-7)13-2/h3-5H,6H2,1-2H3. The molecule has 0 unspecified atom stereocenters. The van der Waals surface area contributed by atoms with Crippen molar-refractivity contribution in [3.8, 4) is 5.75 Å². The van der Waals surface area contributed by atoms with Gasteiger partial charge >= 0.3 is 0 Å². The summed E-state index contributed by atoms with van der Waals surface area (Å²) in [7, 11) is 1.51. The van der Waals surface area contributed by atoms with Crippen molar-refractivity contribution in [2.45, 2.75) is 13.5 Å². The molecule has 0 amide bonds. The molecule has 0 spiro atoms. The molecule has 0 bridgehead atoms. The van der Waals surface area contributed by atoms with Crippen LogP contribution < -0.4 is 4.74 Å². The van der Waals surface area contributed by atoms with Gasteiger partial charge in [0.1, 0.15) is 5.75 Å². The van der Waals surface area contributed by atoms with Gasteiger partial charge in [-0.05, 0) is 24.6 Å². The largest absolute Gasteiger partial charge is 0.496 e. The first kappa shape index (κ1) is 9.51. The van der Waals surface area contributed by atoms with Gasteiger partial charge in [0.25, 0.3) is 0 Å². The molecule has 70 valence electrons. The summed E-state index contributed by atoms with van der Waals surface area (Å²) in [6.45, 7) is 1.72. The van der Waals surface area contributed by atoms with Crippen molar-refractivity contribution < 1.29 is 9.66 Å². The molecule has 4 heteroatoms. The summed E-state index contributed by atoms with van der Waals surface area (Å²) >= 11 is 0. The van der Waals surface area contributed by atoms with Gasteiger partial charge in [-0.15, -0.1) is 0 Å². The molecule has 0 aliphatic carbocycles. The zero-order chi connectivity index (χ0) is 9.84. The Bertz CT molecular complexity index is 323. The summed E-state index contributed by atoms with van der Waals surface area (Å²) in [6.07, 6.45) is 0. The molecular weight excluding hydrogens is 170 g/mol. The highest BCUT2D eigenvalue weighted by Crippen LogP contribution is 2.20. The highest BCUT2D eigenvalue weighted by molar-refractivity contribution is 5.36. The number of nitrogens with zero attached hydrogens (tertiary/aromatic N) is 1. The van der Waals surface area contributed by atoms with E-state index in [1.165, 1.54) is 7.11 Å². The van der Waals surface area contributed by atoms with E-state index in [2.05, 4.69) is 0 Å². The lowest BCUT2D eigenvalue weighted by Crippen LogP contribution is -2.00. The lowest BCUT2D eigenvalue weighted by molar-refractivity contribution is -0.496. The second-order valence-electron chi connectivity index (χ2n) is 2.81. The molecule has 0 aliphatic heterocycles. The third-order valence-corrected chi connectivity index (χ3v) is 1.74. The normalized spacial score (nSPS) is 9.69. The SMILES string of the molecule is COc1cc(C)ccc1C[N+](=O)[O-].